The Morgan fingerprint density at radius 3 is 2.33 bits per heavy atom. The normalized spacial score (nSPS) is 10.3. The third kappa shape index (κ3) is 2.24. The summed E-state index contributed by atoms with van der Waals surface area (Å²) in [4.78, 5) is 1.34. The van der Waals surface area contributed by atoms with Gasteiger partial charge in [-0.05, 0) is 30.4 Å². The molecule has 76 valence electrons. The lowest BCUT2D eigenvalue weighted by Crippen LogP contribution is -1.83. The van der Waals surface area contributed by atoms with Crippen molar-refractivity contribution in [3.8, 4) is 11.1 Å². The molecule has 0 aromatic heterocycles. The molecular weight excluding hydrogens is 200 g/mol. The van der Waals surface area contributed by atoms with E-state index in [2.05, 4.69) is 61.7 Å². The first kappa shape index (κ1) is 10.3. The molecule has 0 aliphatic rings. The average molecular weight is 214 g/mol. The fraction of sp³-hybridized carbons (Fsp3) is 0.143. The van der Waals surface area contributed by atoms with Crippen LogP contribution in [0.4, 0.5) is 0 Å². The number of rotatable bonds is 2. The van der Waals surface area contributed by atoms with Gasteiger partial charge in [-0.2, -0.15) is 0 Å². The minimum absolute atomic E-state index is 1.30. The first-order chi connectivity index (χ1) is 7.31. The highest BCUT2D eigenvalue weighted by molar-refractivity contribution is 7.98. The van der Waals surface area contributed by atoms with Crippen LogP contribution in [0, 0.1) is 6.92 Å². The Morgan fingerprint density at radius 2 is 1.67 bits per heavy atom. The third-order valence-electron chi connectivity index (χ3n) is 2.44. The summed E-state index contributed by atoms with van der Waals surface area (Å²) < 4.78 is 0. The van der Waals surface area contributed by atoms with Crippen LogP contribution in [0.15, 0.2) is 53.4 Å². The molecule has 0 bridgehead atoms. The molecule has 0 aliphatic carbocycles. The maximum atomic E-state index is 2.25. The van der Waals surface area contributed by atoms with E-state index in [0.29, 0.717) is 0 Å². The fourth-order valence-corrected chi connectivity index (χ4v) is 2.27. The number of aryl methyl sites for hydroxylation is 1. The molecule has 2 rings (SSSR count). The van der Waals surface area contributed by atoms with Gasteiger partial charge in [-0.15, -0.1) is 11.8 Å². The minimum atomic E-state index is 1.30. The van der Waals surface area contributed by atoms with Crippen LogP contribution in [-0.2, 0) is 0 Å². The van der Waals surface area contributed by atoms with Crippen molar-refractivity contribution in [1.29, 1.82) is 0 Å². The Bertz CT molecular complexity index is 446. The molecule has 0 nitrogen and oxygen atoms in total. The van der Waals surface area contributed by atoms with Gasteiger partial charge in [-0.25, -0.2) is 0 Å². The summed E-state index contributed by atoms with van der Waals surface area (Å²) in [6, 6.07) is 17.2. The van der Waals surface area contributed by atoms with Crippen molar-refractivity contribution in [1.82, 2.24) is 0 Å². The first-order valence-electron chi connectivity index (χ1n) is 5.01. The van der Waals surface area contributed by atoms with Crippen LogP contribution in [-0.4, -0.2) is 6.26 Å². The van der Waals surface area contributed by atoms with E-state index in [4.69, 9.17) is 0 Å². The van der Waals surface area contributed by atoms with Crippen molar-refractivity contribution in [2.45, 2.75) is 11.8 Å². The van der Waals surface area contributed by atoms with E-state index in [9.17, 15) is 0 Å². The van der Waals surface area contributed by atoms with Gasteiger partial charge in [0, 0.05) is 4.90 Å². The van der Waals surface area contributed by atoms with Gasteiger partial charge in [0.05, 0.1) is 0 Å². The van der Waals surface area contributed by atoms with Crippen LogP contribution in [0.2, 0.25) is 0 Å². The highest BCUT2D eigenvalue weighted by Crippen LogP contribution is 2.30. The van der Waals surface area contributed by atoms with Crippen molar-refractivity contribution >= 4 is 11.8 Å². The molecular formula is C14H14S. The highest BCUT2D eigenvalue weighted by Gasteiger charge is 2.03. The summed E-state index contributed by atoms with van der Waals surface area (Å²) in [5, 5.41) is 0. The van der Waals surface area contributed by atoms with Gasteiger partial charge in [0.2, 0.25) is 0 Å². The summed E-state index contributed by atoms with van der Waals surface area (Å²) in [5.74, 6) is 0. The molecule has 0 radical (unpaired) electrons. The molecule has 0 fully saturated rings. The van der Waals surface area contributed by atoms with E-state index in [1.807, 2.05) is 0 Å². The van der Waals surface area contributed by atoms with Crippen LogP contribution in [0.25, 0.3) is 11.1 Å². The minimum Gasteiger partial charge on any atom is -0.129 e. The van der Waals surface area contributed by atoms with E-state index in [1.54, 1.807) is 11.8 Å². The van der Waals surface area contributed by atoms with Crippen LogP contribution >= 0.6 is 11.8 Å². The molecule has 0 unspecified atom stereocenters. The first-order valence-corrected chi connectivity index (χ1v) is 6.24. The number of hydrogen-bond acceptors (Lipinski definition) is 1. The van der Waals surface area contributed by atoms with Crippen LogP contribution in [0.1, 0.15) is 5.56 Å². The summed E-state index contributed by atoms with van der Waals surface area (Å²) in [5.41, 5.74) is 3.94. The number of benzene rings is 2. The monoisotopic (exact) mass is 214 g/mol. The largest absolute Gasteiger partial charge is 0.129 e. The zero-order valence-electron chi connectivity index (χ0n) is 9.03. The van der Waals surface area contributed by atoms with Gasteiger partial charge in [0.1, 0.15) is 0 Å². The predicted octanol–water partition coefficient (Wildman–Crippen LogP) is 4.38. The van der Waals surface area contributed by atoms with Gasteiger partial charge < -0.3 is 0 Å². The van der Waals surface area contributed by atoms with Crippen LogP contribution < -0.4 is 0 Å². The standard InChI is InChI=1S/C14H14S/c1-11-8-9-14(15-2)13(10-11)12-6-4-3-5-7-12/h3-10H,1-2H3. The van der Waals surface area contributed by atoms with Gasteiger partial charge >= 0.3 is 0 Å². The van der Waals surface area contributed by atoms with Crippen molar-refractivity contribution in [3.05, 3.63) is 54.1 Å². The van der Waals surface area contributed by atoms with Gasteiger partial charge in [-0.1, -0.05) is 48.0 Å². The molecule has 0 aliphatic heterocycles. The average Bonchev–Trinajstić information content (AvgIpc) is 2.30. The molecule has 0 heterocycles. The molecule has 0 N–H and O–H groups in total. The SMILES string of the molecule is CSc1ccc(C)cc1-c1ccccc1. The lowest BCUT2D eigenvalue weighted by molar-refractivity contribution is 1.37. The molecule has 2 aromatic carbocycles. The molecule has 0 amide bonds. The summed E-state index contributed by atoms with van der Waals surface area (Å²) >= 11 is 1.80. The Hall–Kier alpha value is -1.21. The molecule has 2 aromatic rings. The molecule has 15 heavy (non-hydrogen) atoms. The molecule has 0 saturated carbocycles. The summed E-state index contributed by atoms with van der Waals surface area (Å²) in [6.07, 6.45) is 2.12. The molecule has 0 spiro atoms. The highest BCUT2D eigenvalue weighted by atomic mass is 32.2. The second-order valence-electron chi connectivity index (χ2n) is 3.57. The zero-order valence-corrected chi connectivity index (χ0v) is 9.84. The Kier molecular flexibility index (Phi) is 3.12. The quantitative estimate of drug-likeness (QED) is 0.668. The topological polar surface area (TPSA) is 0 Å². The molecule has 0 atom stereocenters. The Labute approximate surface area is 95.3 Å². The maximum absolute atomic E-state index is 2.25. The second kappa shape index (κ2) is 4.54. The second-order valence-corrected chi connectivity index (χ2v) is 4.42. The third-order valence-corrected chi connectivity index (χ3v) is 3.24. The van der Waals surface area contributed by atoms with E-state index in [-0.39, 0.29) is 0 Å². The van der Waals surface area contributed by atoms with E-state index < -0.39 is 0 Å². The number of hydrogen-bond donors (Lipinski definition) is 0. The maximum Gasteiger partial charge on any atom is 0.0148 e. The smallest absolute Gasteiger partial charge is 0.0148 e. The summed E-state index contributed by atoms with van der Waals surface area (Å²) in [7, 11) is 0. The molecule has 1 heteroatoms. The van der Waals surface area contributed by atoms with Gasteiger partial charge in [0.25, 0.3) is 0 Å². The zero-order chi connectivity index (χ0) is 10.7. The summed E-state index contributed by atoms with van der Waals surface area (Å²) in [6.45, 7) is 2.14. The van der Waals surface area contributed by atoms with Crippen molar-refractivity contribution < 1.29 is 0 Å². The van der Waals surface area contributed by atoms with Crippen molar-refractivity contribution in [2.24, 2.45) is 0 Å². The van der Waals surface area contributed by atoms with E-state index in [1.165, 1.54) is 21.6 Å². The van der Waals surface area contributed by atoms with Crippen LogP contribution in [0.5, 0.6) is 0 Å². The van der Waals surface area contributed by atoms with Crippen molar-refractivity contribution in [2.75, 3.05) is 6.26 Å². The lowest BCUT2D eigenvalue weighted by Gasteiger charge is -2.08. The lowest BCUT2D eigenvalue weighted by atomic mass is 10.0. The van der Waals surface area contributed by atoms with E-state index in [0.717, 1.165) is 0 Å². The van der Waals surface area contributed by atoms with Gasteiger partial charge in [0.15, 0.2) is 0 Å². The van der Waals surface area contributed by atoms with Gasteiger partial charge in [-0.3, -0.25) is 0 Å². The fourth-order valence-electron chi connectivity index (χ4n) is 1.67. The van der Waals surface area contributed by atoms with E-state index >= 15 is 0 Å². The Morgan fingerprint density at radius 1 is 0.933 bits per heavy atom. The van der Waals surface area contributed by atoms with Crippen LogP contribution in [0.3, 0.4) is 0 Å². The number of thioether (sulfide) groups is 1. The predicted molar refractivity (Wildman–Crippen MR) is 68.4 cm³/mol. The Balaban J connectivity index is 2.56. The molecule has 0 saturated heterocycles. The van der Waals surface area contributed by atoms with Crippen molar-refractivity contribution in [3.63, 3.8) is 0 Å².